The summed E-state index contributed by atoms with van der Waals surface area (Å²) in [6, 6.07) is 12.2. The number of benzene rings is 1. The van der Waals surface area contributed by atoms with E-state index in [-0.39, 0.29) is 24.8 Å². The maximum atomic E-state index is 12.2. The monoisotopic (exact) mass is 330 g/mol. The molecule has 1 aromatic heterocycles. The Bertz CT molecular complexity index is 666. The van der Waals surface area contributed by atoms with Gasteiger partial charge < -0.3 is 20.2 Å². The first-order chi connectivity index (χ1) is 11.4. The van der Waals surface area contributed by atoms with Crippen LogP contribution in [-0.4, -0.2) is 23.5 Å². The first kappa shape index (κ1) is 17.7. The van der Waals surface area contributed by atoms with Crippen LogP contribution in [0.5, 0.6) is 0 Å². The van der Waals surface area contributed by atoms with Crippen molar-refractivity contribution in [3.8, 4) is 0 Å². The molecule has 128 valence electrons. The molecule has 0 fully saturated rings. The molecule has 2 aromatic rings. The Morgan fingerprint density at radius 3 is 2.50 bits per heavy atom. The molecule has 0 aliphatic heterocycles. The topological polar surface area (TPSA) is 91.6 Å². The van der Waals surface area contributed by atoms with Gasteiger partial charge in [-0.15, -0.1) is 0 Å². The quantitative estimate of drug-likeness (QED) is 0.723. The molecule has 0 spiro atoms. The molecule has 0 bridgehead atoms. The van der Waals surface area contributed by atoms with Gasteiger partial charge in [-0.3, -0.25) is 9.59 Å². The van der Waals surface area contributed by atoms with Gasteiger partial charge >= 0.3 is 0 Å². The van der Waals surface area contributed by atoms with Crippen LogP contribution in [-0.2, 0) is 15.2 Å². The van der Waals surface area contributed by atoms with Crippen molar-refractivity contribution in [3.05, 3.63) is 60.1 Å². The smallest absolute Gasteiger partial charge is 0.222 e. The van der Waals surface area contributed by atoms with Crippen LogP contribution in [0.1, 0.15) is 37.6 Å². The predicted octanol–water partition coefficient (Wildman–Crippen LogP) is 1.87. The molecular weight excluding hydrogens is 308 g/mol. The highest BCUT2D eigenvalue weighted by atomic mass is 16.4. The summed E-state index contributed by atoms with van der Waals surface area (Å²) < 4.78 is 5.18. The lowest BCUT2D eigenvalue weighted by molar-refractivity contribution is -0.123. The number of furan rings is 1. The van der Waals surface area contributed by atoms with E-state index in [0.29, 0.717) is 5.76 Å². The number of aliphatic hydroxyl groups is 1. The highest BCUT2D eigenvalue weighted by Gasteiger charge is 2.27. The van der Waals surface area contributed by atoms with Crippen molar-refractivity contribution < 1.29 is 19.1 Å². The van der Waals surface area contributed by atoms with Gasteiger partial charge in [0.2, 0.25) is 11.8 Å². The third-order valence-electron chi connectivity index (χ3n) is 3.65. The van der Waals surface area contributed by atoms with Gasteiger partial charge in [0, 0.05) is 6.92 Å². The van der Waals surface area contributed by atoms with Gasteiger partial charge in [0.1, 0.15) is 11.4 Å². The van der Waals surface area contributed by atoms with Crippen LogP contribution in [0.25, 0.3) is 0 Å². The van der Waals surface area contributed by atoms with Crippen LogP contribution in [0.15, 0.2) is 53.1 Å². The Hall–Kier alpha value is -2.60. The highest BCUT2D eigenvalue weighted by Crippen LogP contribution is 2.20. The molecule has 2 unspecified atom stereocenters. The van der Waals surface area contributed by atoms with Crippen LogP contribution >= 0.6 is 0 Å². The fourth-order valence-corrected chi connectivity index (χ4v) is 2.38. The lowest BCUT2D eigenvalue weighted by atomic mass is 10.0. The molecule has 0 aliphatic carbocycles. The van der Waals surface area contributed by atoms with Crippen molar-refractivity contribution in [1.82, 2.24) is 10.6 Å². The van der Waals surface area contributed by atoms with Crippen LogP contribution in [0.4, 0.5) is 0 Å². The largest absolute Gasteiger partial charge is 0.466 e. The molecule has 3 N–H and O–H groups in total. The zero-order valence-electron chi connectivity index (χ0n) is 13.8. The Labute approximate surface area is 140 Å². The second-order valence-electron chi connectivity index (χ2n) is 5.90. The van der Waals surface area contributed by atoms with E-state index in [1.165, 1.54) is 13.2 Å². The number of nitrogens with one attached hydrogen (secondary N) is 2. The van der Waals surface area contributed by atoms with E-state index in [4.69, 9.17) is 4.42 Å². The maximum Gasteiger partial charge on any atom is 0.222 e. The van der Waals surface area contributed by atoms with Crippen molar-refractivity contribution in [2.75, 3.05) is 6.54 Å². The first-order valence-electron chi connectivity index (χ1n) is 7.73. The Kier molecular flexibility index (Phi) is 5.76. The Morgan fingerprint density at radius 1 is 1.21 bits per heavy atom. The van der Waals surface area contributed by atoms with E-state index < -0.39 is 11.6 Å². The third-order valence-corrected chi connectivity index (χ3v) is 3.65. The van der Waals surface area contributed by atoms with Gasteiger partial charge in [-0.05, 0) is 24.6 Å². The molecule has 1 heterocycles. The molecule has 0 aliphatic rings. The summed E-state index contributed by atoms with van der Waals surface area (Å²) in [7, 11) is 0. The molecule has 1 aromatic carbocycles. The number of hydrogen-bond donors (Lipinski definition) is 3. The maximum absolute atomic E-state index is 12.2. The minimum Gasteiger partial charge on any atom is -0.466 e. The van der Waals surface area contributed by atoms with Crippen molar-refractivity contribution in [3.63, 3.8) is 0 Å². The molecule has 6 heteroatoms. The average molecular weight is 330 g/mol. The standard InChI is InChI=1S/C18H22N2O4/c1-13(21)20-15(14-7-4-3-5-8-14)11-17(22)19-12-18(2,23)16-9-6-10-24-16/h3-10,15,23H,11-12H2,1-2H3,(H,19,22)(H,20,21). The molecule has 6 nitrogen and oxygen atoms in total. The Morgan fingerprint density at radius 2 is 1.92 bits per heavy atom. The summed E-state index contributed by atoms with van der Waals surface area (Å²) in [5.41, 5.74) is -0.448. The van der Waals surface area contributed by atoms with Gasteiger partial charge in [-0.1, -0.05) is 30.3 Å². The summed E-state index contributed by atoms with van der Waals surface area (Å²) >= 11 is 0. The average Bonchev–Trinajstić information content (AvgIpc) is 3.08. The zero-order valence-corrected chi connectivity index (χ0v) is 13.8. The van der Waals surface area contributed by atoms with Gasteiger partial charge in [0.15, 0.2) is 0 Å². The SMILES string of the molecule is CC(=O)NC(CC(=O)NCC(C)(O)c1ccco1)c1ccccc1. The molecule has 0 radical (unpaired) electrons. The summed E-state index contributed by atoms with van der Waals surface area (Å²) in [4.78, 5) is 23.6. The number of hydrogen-bond acceptors (Lipinski definition) is 4. The summed E-state index contributed by atoms with van der Waals surface area (Å²) in [6.45, 7) is 2.99. The van der Waals surface area contributed by atoms with Gasteiger partial charge in [-0.2, -0.15) is 0 Å². The Balaban J connectivity index is 1.97. The van der Waals surface area contributed by atoms with Crippen LogP contribution in [0.2, 0.25) is 0 Å². The lowest BCUT2D eigenvalue weighted by Crippen LogP contribution is -2.40. The predicted molar refractivity (Wildman–Crippen MR) is 88.9 cm³/mol. The van der Waals surface area contributed by atoms with E-state index >= 15 is 0 Å². The fraction of sp³-hybridized carbons (Fsp3) is 0.333. The number of amides is 2. The van der Waals surface area contributed by atoms with Gasteiger partial charge in [0.05, 0.1) is 25.3 Å². The van der Waals surface area contributed by atoms with Crippen molar-refractivity contribution in [2.24, 2.45) is 0 Å². The highest BCUT2D eigenvalue weighted by molar-refractivity contribution is 5.79. The molecule has 0 saturated heterocycles. The summed E-state index contributed by atoms with van der Waals surface area (Å²) in [5.74, 6) is -0.104. The number of carbonyl (C=O) groups is 2. The summed E-state index contributed by atoms with van der Waals surface area (Å²) in [5, 5.41) is 15.8. The molecular formula is C18H22N2O4. The first-order valence-corrected chi connectivity index (χ1v) is 7.73. The fourth-order valence-electron chi connectivity index (χ4n) is 2.38. The van der Waals surface area contributed by atoms with Crippen LogP contribution in [0, 0.1) is 0 Å². The molecule has 0 saturated carbocycles. The third kappa shape index (κ3) is 4.96. The van der Waals surface area contributed by atoms with Crippen molar-refractivity contribution in [2.45, 2.75) is 31.9 Å². The molecule has 2 rings (SSSR count). The van der Waals surface area contributed by atoms with Gasteiger partial charge in [0.25, 0.3) is 0 Å². The lowest BCUT2D eigenvalue weighted by Gasteiger charge is -2.23. The van der Waals surface area contributed by atoms with Gasteiger partial charge in [-0.25, -0.2) is 0 Å². The van der Waals surface area contributed by atoms with Crippen LogP contribution < -0.4 is 10.6 Å². The van der Waals surface area contributed by atoms with E-state index in [1.54, 1.807) is 19.1 Å². The second-order valence-corrected chi connectivity index (χ2v) is 5.90. The minimum absolute atomic E-state index is 0.0148. The van der Waals surface area contributed by atoms with Crippen LogP contribution in [0.3, 0.4) is 0 Å². The van der Waals surface area contributed by atoms with E-state index in [2.05, 4.69) is 10.6 Å². The number of carbonyl (C=O) groups excluding carboxylic acids is 2. The molecule has 24 heavy (non-hydrogen) atoms. The minimum atomic E-state index is -1.30. The van der Waals surface area contributed by atoms with Crippen molar-refractivity contribution >= 4 is 11.8 Å². The molecule has 2 atom stereocenters. The van der Waals surface area contributed by atoms with Crippen molar-refractivity contribution in [1.29, 1.82) is 0 Å². The number of rotatable bonds is 7. The van der Waals surface area contributed by atoms with E-state index in [9.17, 15) is 14.7 Å². The van der Waals surface area contributed by atoms with E-state index in [0.717, 1.165) is 5.56 Å². The second kappa shape index (κ2) is 7.79. The summed E-state index contributed by atoms with van der Waals surface area (Å²) in [6.07, 6.45) is 1.55. The zero-order chi connectivity index (χ0) is 17.6. The molecule has 2 amide bonds. The van der Waals surface area contributed by atoms with E-state index in [1.807, 2.05) is 30.3 Å². The normalized spacial score (nSPS) is 14.5.